The second-order valence-electron chi connectivity index (χ2n) is 7.74. The molecule has 0 spiro atoms. The van der Waals surface area contributed by atoms with Gasteiger partial charge in [-0.15, -0.1) is 0 Å². The first-order chi connectivity index (χ1) is 14.8. The lowest BCUT2D eigenvalue weighted by molar-refractivity contribution is -0.385. The average molecular weight is 422 g/mol. The summed E-state index contributed by atoms with van der Waals surface area (Å²) in [5, 5.41) is 11.2. The van der Waals surface area contributed by atoms with E-state index in [2.05, 4.69) is 30.9 Å². The van der Waals surface area contributed by atoms with Crippen LogP contribution in [0.25, 0.3) is 0 Å². The van der Waals surface area contributed by atoms with E-state index in [9.17, 15) is 24.5 Å². The molecule has 2 aliphatic heterocycles. The minimum atomic E-state index is -0.797. The van der Waals surface area contributed by atoms with Crippen molar-refractivity contribution in [2.24, 2.45) is 0 Å². The number of nitro groups is 1. The van der Waals surface area contributed by atoms with Crippen LogP contribution >= 0.6 is 0 Å². The third kappa shape index (κ3) is 3.52. The number of imide groups is 1. The Morgan fingerprint density at radius 2 is 1.68 bits per heavy atom. The Hall–Kier alpha value is -3.75. The number of aryl methyl sites for hydroxylation is 1. The second-order valence-corrected chi connectivity index (χ2v) is 7.74. The van der Waals surface area contributed by atoms with E-state index in [1.54, 1.807) is 4.90 Å². The minimum Gasteiger partial charge on any atom is -0.368 e. The lowest BCUT2D eigenvalue weighted by atomic mass is 10.1. The van der Waals surface area contributed by atoms with Gasteiger partial charge in [-0.3, -0.25) is 29.4 Å². The van der Waals surface area contributed by atoms with Crippen molar-refractivity contribution in [3.63, 3.8) is 0 Å². The first-order valence-electron chi connectivity index (χ1n) is 10.0. The number of anilines is 1. The highest BCUT2D eigenvalue weighted by molar-refractivity contribution is 6.24. The van der Waals surface area contributed by atoms with Crippen LogP contribution in [0.2, 0.25) is 0 Å². The molecule has 2 heterocycles. The van der Waals surface area contributed by atoms with Crippen molar-refractivity contribution in [1.29, 1.82) is 0 Å². The van der Waals surface area contributed by atoms with Crippen molar-refractivity contribution in [3.05, 3.63) is 68.8 Å². The van der Waals surface area contributed by atoms with Crippen LogP contribution < -0.4 is 4.90 Å². The monoisotopic (exact) mass is 422 g/mol. The van der Waals surface area contributed by atoms with E-state index in [0.717, 1.165) is 10.6 Å². The van der Waals surface area contributed by atoms with Gasteiger partial charge in [-0.1, -0.05) is 18.2 Å². The Bertz CT molecular complexity index is 1110. The number of rotatable bonds is 4. The number of nitro benzene ring substituents is 1. The average Bonchev–Trinajstić information content (AvgIpc) is 3.00. The molecule has 0 aromatic heterocycles. The van der Waals surface area contributed by atoms with E-state index in [0.29, 0.717) is 26.2 Å². The van der Waals surface area contributed by atoms with Crippen molar-refractivity contribution in [2.75, 3.05) is 37.6 Å². The van der Waals surface area contributed by atoms with Crippen LogP contribution in [0.4, 0.5) is 11.4 Å². The van der Waals surface area contributed by atoms with Gasteiger partial charge in [0, 0.05) is 37.9 Å². The lowest BCUT2D eigenvalue weighted by Crippen LogP contribution is -2.52. The molecule has 2 aromatic rings. The summed E-state index contributed by atoms with van der Waals surface area (Å²) in [4.78, 5) is 53.3. The van der Waals surface area contributed by atoms with Gasteiger partial charge in [-0.2, -0.15) is 0 Å². The predicted molar refractivity (Wildman–Crippen MR) is 113 cm³/mol. The van der Waals surface area contributed by atoms with Crippen LogP contribution in [0, 0.1) is 24.0 Å². The first-order valence-corrected chi connectivity index (χ1v) is 10.0. The van der Waals surface area contributed by atoms with Crippen LogP contribution in [0.3, 0.4) is 0 Å². The Balaban J connectivity index is 1.43. The van der Waals surface area contributed by atoms with E-state index >= 15 is 0 Å². The third-order valence-electron chi connectivity index (χ3n) is 6.02. The molecule has 9 nitrogen and oxygen atoms in total. The van der Waals surface area contributed by atoms with E-state index in [-0.39, 0.29) is 17.0 Å². The minimum absolute atomic E-state index is 0.0354. The number of benzene rings is 2. The van der Waals surface area contributed by atoms with E-state index in [1.165, 1.54) is 29.3 Å². The molecule has 0 atom stereocenters. The Labute approximate surface area is 179 Å². The van der Waals surface area contributed by atoms with Crippen molar-refractivity contribution in [2.45, 2.75) is 13.8 Å². The molecule has 2 aromatic carbocycles. The van der Waals surface area contributed by atoms with Crippen LogP contribution in [0.15, 0.2) is 36.4 Å². The van der Waals surface area contributed by atoms with E-state index in [1.807, 2.05) is 6.07 Å². The maximum absolute atomic E-state index is 12.8. The topological polar surface area (TPSA) is 104 Å². The van der Waals surface area contributed by atoms with E-state index < -0.39 is 29.0 Å². The fourth-order valence-electron chi connectivity index (χ4n) is 4.12. The summed E-state index contributed by atoms with van der Waals surface area (Å²) in [5.41, 5.74) is 2.84. The molecule has 4 rings (SSSR count). The number of piperazine rings is 1. The molecule has 2 aliphatic rings. The Morgan fingerprint density at radius 3 is 2.35 bits per heavy atom. The number of nitrogens with zero attached hydrogens (tertiary/aromatic N) is 4. The predicted octanol–water partition coefficient (Wildman–Crippen LogP) is 2.16. The number of hydrogen-bond donors (Lipinski definition) is 0. The highest BCUT2D eigenvalue weighted by Crippen LogP contribution is 2.31. The molecule has 160 valence electrons. The SMILES string of the molecule is Cc1cccc(N2CCN(C(=O)CN3C(=O)c4cccc([N+](=O)[O-])c4C3=O)CC2)c1C. The summed E-state index contributed by atoms with van der Waals surface area (Å²) >= 11 is 0. The van der Waals surface area contributed by atoms with Crippen molar-refractivity contribution in [3.8, 4) is 0 Å². The second kappa shape index (κ2) is 7.82. The Kier molecular flexibility index (Phi) is 5.18. The quantitative estimate of drug-likeness (QED) is 0.425. The normalized spacial score (nSPS) is 16.0. The van der Waals surface area contributed by atoms with Gasteiger partial charge in [0.25, 0.3) is 17.5 Å². The van der Waals surface area contributed by atoms with Crippen molar-refractivity contribution >= 4 is 29.1 Å². The molecule has 0 N–H and O–H groups in total. The fourth-order valence-corrected chi connectivity index (χ4v) is 4.12. The summed E-state index contributed by atoms with van der Waals surface area (Å²) in [7, 11) is 0. The molecule has 0 radical (unpaired) electrons. The first kappa shape index (κ1) is 20.5. The highest BCUT2D eigenvalue weighted by atomic mass is 16.6. The molecule has 0 aliphatic carbocycles. The summed E-state index contributed by atoms with van der Waals surface area (Å²) < 4.78 is 0. The molecule has 3 amide bonds. The molecule has 1 saturated heterocycles. The molecule has 9 heteroatoms. The number of amides is 3. The molecule has 0 unspecified atom stereocenters. The number of carbonyl (C=O) groups is 3. The van der Waals surface area contributed by atoms with Crippen LogP contribution in [-0.2, 0) is 4.79 Å². The molecular formula is C22H22N4O5. The number of carbonyl (C=O) groups excluding carboxylic acids is 3. The van der Waals surface area contributed by atoms with Gasteiger partial charge in [0.15, 0.2) is 0 Å². The van der Waals surface area contributed by atoms with Gasteiger partial charge in [-0.05, 0) is 37.1 Å². The van der Waals surface area contributed by atoms with Crippen LogP contribution in [0.5, 0.6) is 0 Å². The third-order valence-corrected chi connectivity index (χ3v) is 6.02. The zero-order valence-electron chi connectivity index (χ0n) is 17.3. The van der Waals surface area contributed by atoms with Crippen molar-refractivity contribution in [1.82, 2.24) is 9.80 Å². The van der Waals surface area contributed by atoms with Gasteiger partial charge in [0.05, 0.1) is 10.5 Å². The number of hydrogen-bond acceptors (Lipinski definition) is 6. The molecule has 0 saturated carbocycles. The smallest absolute Gasteiger partial charge is 0.282 e. The van der Waals surface area contributed by atoms with Crippen LogP contribution in [-0.4, -0.2) is 65.2 Å². The standard InChI is InChI=1S/C22H22N4O5/c1-14-5-3-7-17(15(14)2)23-9-11-24(12-10-23)19(27)13-25-21(28)16-6-4-8-18(26(30)31)20(16)22(25)29/h3-8H,9-13H2,1-2H3. The molecule has 0 bridgehead atoms. The molecule has 31 heavy (non-hydrogen) atoms. The zero-order chi connectivity index (χ0) is 22.3. The van der Waals surface area contributed by atoms with E-state index in [4.69, 9.17) is 0 Å². The summed E-state index contributed by atoms with van der Waals surface area (Å²) in [6.45, 7) is 5.93. The van der Waals surface area contributed by atoms with Gasteiger partial charge < -0.3 is 9.80 Å². The largest absolute Gasteiger partial charge is 0.368 e. The summed E-state index contributed by atoms with van der Waals surface area (Å²) in [6.07, 6.45) is 0. The molecule has 1 fully saturated rings. The van der Waals surface area contributed by atoms with Gasteiger partial charge in [0.1, 0.15) is 12.1 Å². The summed E-state index contributed by atoms with van der Waals surface area (Å²) in [6, 6.07) is 10.0. The molecular weight excluding hydrogens is 400 g/mol. The lowest BCUT2D eigenvalue weighted by Gasteiger charge is -2.37. The summed E-state index contributed by atoms with van der Waals surface area (Å²) in [5.74, 6) is -1.82. The maximum atomic E-state index is 12.8. The van der Waals surface area contributed by atoms with Gasteiger partial charge in [-0.25, -0.2) is 0 Å². The van der Waals surface area contributed by atoms with Gasteiger partial charge >= 0.3 is 0 Å². The fraction of sp³-hybridized carbons (Fsp3) is 0.318. The van der Waals surface area contributed by atoms with Crippen molar-refractivity contribution < 1.29 is 19.3 Å². The highest BCUT2D eigenvalue weighted by Gasteiger charge is 2.42. The van der Waals surface area contributed by atoms with Crippen LogP contribution in [0.1, 0.15) is 31.8 Å². The van der Waals surface area contributed by atoms with Gasteiger partial charge in [0.2, 0.25) is 5.91 Å². The Morgan fingerprint density at radius 1 is 1.00 bits per heavy atom. The maximum Gasteiger partial charge on any atom is 0.282 e. The zero-order valence-corrected chi connectivity index (χ0v) is 17.3. The number of fused-ring (bicyclic) bond motifs is 1.